The van der Waals surface area contributed by atoms with Crippen molar-refractivity contribution in [2.24, 2.45) is 5.92 Å². The number of carbonyl (C=O) groups is 2. The maximum absolute atomic E-state index is 12.3. The molecule has 2 rings (SSSR count). The molecule has 1 saturated heterocycles. The number of hydrogen-bond donors (Lipinski definition) is 1. The third-order valence-corrected chi connectivity index (χ3v) is 3.86. The molecule has 1 unspecified atom stereocenters. The Labute approximate surface area is 118 Å². The van der Waals surface area contributed by atoms with Gasteiger partial charge in [0.15, 0.2) is 5.76 Å². The van der Waals surface area contributed by atoms with Gasteiger partial charge in [-0.05, 0) is 37.3 Å². The SMILES string of the molecule is CCCC1CCCN(C(=O)c2ccc(C(=O)O)o2)CC1. The number of amides is 1. The van der Waals surface area contributed by atoms with Crippen molar-refractivity contribution >= 4 is 11.9 Å². The molecule has 2 heterocycles. The lowest BCUT2D eigenvalue weighted by atomic mass is 9.96. The van der Waals surface area contributed by atoms with Gasteiger partial charge in [0.2, 0.25) is 5.76 Å². The van der Waals surface area contributed by atoms with Crippen LogP contribution in [0.4, 0.5) is 0 Å². The Kier molecular flexibility index (Phi) is 4.82. The summed E-state index contributed by atoms with van der Waals surface area (Å²) in [4.78, 5) is 24.8. The molecule has 0 aliphatic carbocycles. The van der Waals surface area contributed by atoms with Gasteiger partial charge in [0, 0.05) is 13.1 Å². The fraction of sp³-hybridized carbons (Fsp3) is 0.600. The number of furan rings is 1. The van der Waals surface area contributed by atoms with Gasteiger partial charge in [-0.2, -0.15) is 0 Å². The van der Waals surface area contributed by atoms with Crippen LogP contribution in [0.5, 0.6) is 0 Å². The Morgan fingerprint density at radius 1 is 1.30 bits per heavy atom. The van der Waals surface area contributed by atoms with Gasteiger partial charge in [0.1, 0.15) is 0 Å². The predicted molar refractivity (Wildman–Crippen MR) is 73.8 cm³/mol. The molecule has 1 aliphatic heterocycles. The van der Waals surface area contributed by atoms with E-state index in [0.29, 0.717) is 5.92 Å². The van der Waals surface area contributed by atoms with E-state index < -0.39 is 5.97 Å². The first kappa shape index (κ1) is 14.6. The lowest BCUT2D eigenvalue weighted by Gasteiger charge is -2.19. The zero-order chi connectivity index (χ0) is 14.5. The summed E-state index contributed by atoms with van der Waals surface area (Å²) in [6.45, 7) is 3.64. The molecule has 1 fully saturated rings. The summed E-state index contributed by atoms with van der Waals surface area (Å²) in [5, 5.41) is 8.81. The van der Waals surface area contributed by atoms with E-state index in [-0.39, 0.29) is 17.4 Å². The van der Waals surface area contributed by atoms with E-state index in [1.165, 1.54) is 25.0 Å². The first-order chi connectivity index (χ1) is 9.61. The van der Waals surface area contributed by atoms with Gasteiger partial charge in [0.25, 0.3) is 5.91 Å². The highest BCUT2D eigenvalue weighted by Gasteiger charge is 2.24. The van der Waals surface area contributed by atoms with E-state index in [4.69, 9.17) is 9.52 Å². The predicted octanol–water partition coefficient (Wildman–Crippen LogP) is 3.02. The molecule has 0 aromatic carbocycles. The van der Waals surface area contributed by atoms with Gasteiger partial charge in [-0.15, -0.1) is 0 Å². The Bertz CT molecular complexity index is 480. The van der Waals surface area contributed by atoms with Crippen LogP contribution < -0.4 is 0 Å². The van der Waals surface area contributed by atoms with E-state index in [1.54, 1.807) is 4.90 Å². The number of rotatable bonds is 4. The highest BCUT2D eigenvalue weighted by molar-refractivity contribution is 5.93. The molecule has 0 radical (unpaired) electrons. The molecule has 1 atom stereocenters. The fourth-order valence-corrected chi connectivity index (χ4v) is 2.79. The van der Waals surface area contributed by atoms with Crippen LogP contribution in [0.1, 0.15) is 60.1 Å². The summed E-state index contributed by atoms with van der Waals surface area (Å²) in [5.74, 6) is -0.718. The van der Waals surface area contributed by atoms with Crippen molar-refractivity contribution < 1.29 is 19.1 Å². The van der Waals surface area contributed by atoms with Crippen LogP contribution in [0, 0.1) is 5.92 Å². The van der Waals surface area contributed by atoms with Gasteiger partial charge in [-0.1, -0.05) is 19.8 Å². The summed E-state index contributed by atoms with van der Waals surface area (Å²) in [5.41, 5.74) is 0. The molecule has 0 spiro atoms. The smallest absolute Gasteiger partial charge is 0.371 e. The van der Waals surface area contributed by atoms with E-state index in [2.05, 4.69) is 6.92 Å². The van der Waals surface area contributed by atoms with E-state index in [0.717, 1.165) is 32.4 Å². The van der Waals surface area contributed by atoms with Crippen LogP contribution in [0.2, 0.25) is 0 Å². The van der Waals surface area contributed by atoms with Crippen molar-refractivity contribution in [2.75, 3.05) is 13.1 Å². The topological polar surface area (TPSA) is 70.8 Å². The molecule has 1 aromatic heterocycles. The third-order valence-electron chi connectivity index (χ3n) is 3.86. The molecule has 1 aliphatic rings. The van der Waals surface area contributed by atoms with Crippen LogP contribution in [0.25, 0.3) is 0 Å². The van der Waals surface area contributed by atoms with Crippen molar-refractivity contribution in [3.63, 3.8) is 0 Å². The van der Waals surface area contributed by atoms with Crippen molar-refractivity contribution in [3.8, 4) is 0 Å². The summed E-state index contributed by atoms with van der Waals surface area (Å²) in [6, 6.07) is 2.77. The molecule has 5 heteroatoms. The lowest BCUT2D eigenvalue weighted by Crippen LogP contribution is -2.31. The number of likely N-dealkylation sites (tertiary alicyclic amines) is 1. The number of carboxylic acids is 1. The molecular weight excluding hydrogens is 258 g/mol. The van der Waals surface area contributed by atoms with Crippen LogP contribution >= 0.6 is 0 Å². The van der Waals surface area contributed by atoms with Crippen molar-refractivity contribution in [3.05, 3.63) is 23.7 Å². The zero-order valence-electron chi connectivity index (χ0n) is 11.8. The monoisotopic (exact) mass is 279 g/mol. The molecule has 0 saturated carbocycles. The molecule has 20 heavy (non-hydrogen) atoms. The summed E-state index contributed by atoms with van der Waals surface area (Å²) < 4.78 is 5.08. The van der Waals surface area contributed by atoms with Gasteiger partial charge in [-0.3, -0.25) is 4.79 Å². The lowest BCUT2D eigenvalue weighted by molar-refractivity contribution is 0.0650. The quantitative estimate of drug-likeness (QED) is 0.919. The second-order valence-corrected chi connectivity index (χ2v) is 5.35. The van der Waals surface area contributed by atoms with Crippen molar-refractivity contribution in [2.45, 2.75) is 39.0 Å². The second-order valence-electron chi connectivity index (χ2n) is 5.35. The Morgan fingerprint density at radius 3 is 2.70 bits per heavy atom. The third kappa shape index (κ3) is 3.40. The van der Waals surface area contributed by atoms with Gasteiger partial charge in [-0.25, -0.2) is 4.79 Å². The maximum Gasteiger partial charge on any atom is 0.371 e. The standard InChI is InChI=1S/C15H21NO4/c1-2-4-11-5-3-9-16(10-8-11)14(17)12-6-7-13(20-12)15(18)19/h6-7,11H,2-5,8-10H2,1H3,(H,18,19). The minimum Gasteiger partial charge on any atom is -0.475 e. The highest BCUT2D eigenvalue weighted by Crippen LogP contribution is 2.23. The van der Waals surface area contributed by atoms with E-state index >= 15 is 0 Å². The average molecular weight is 279 g/mol. The van der Waals surface area contributed by atoms with Crippen molar-refractivity contribution in [1.82, 2.24) is 4.90 Å². The minimum absolute atomic E-state index is 0.122. The van der Waals surface area contributed by atoms with Crippen LogP contribution in [0.3, 0.4) is 0 Å². The summed E-state index contributed by atoms with van der Waals surface area (Å²) in [6.07, 6.45) is 5.58. The summed E-state index contributed by atoms with van der Waals surface area (Å²) in [7, 11) is 0. The normalized spacial score (nSPS) is 19.6. The first-order valence-electron chi connectivity index (χ1n) is 7.24. The second kappa shape index (κ2) is 6.59. The maximum atomic E-state index is 12.3. The van der Waals surface area contributed by atoms with Crippen LogP contribution in [0.15, 0.2) is 16.5 Å². The van der Waals surface area contributed by atoms with E-state index in [9.17, 15) is 9.59 Å². The number of aromatic carboxylic acids is 1. The Morgan fingerprint density at radius 2 is 2.05 bits per heavy atom. The molecular formula is C15H21NO4. The molecule has 1 N–H and O–H groups in total. The number of hydrogen-bond acceptors (Lipinski definition) is 3. The fourth-order valence-electron chi connectivity index (χ4n) is 2.79. The molecule has 1 aromatic rings. The van der Waals surface area contributed by atoms with E-state index in [1.807, 2.05) is 0 Å². The van der Waals surface area contributed by atoms with Gasteiger partial charge in [0.05, 0.1) is 0 Å². The van der Waals surface area contributed by atoms with Crippen LogP contribution in [-0.2, 0) is 0 Å². The molecule has 5 nitrogen and oxygen atoms in total. The average Bonchev–Trinajstić information content (AvgIpc) is 2.80. The first-order valence-corrected chi connectivity index (χ1v) is 7.24. The molecule has 1 amide bonds. The zero-order valence-corrected chi connectivity index (χ0v) is 11.8. The largest absolute Gasteiger partial charge is 0.475 e. The van der Waals surface area contributed by atoms with Crippen LogP contribution in [-0.4, -0.2) is 35.0 Å². The number of nitrogens with zero attached hydrogens (tertiary/aromatic N) is 1. The molecule has 110 valence electrons. The van der Waals surface area contributed by atoms with Gasteiger partial charge < -0.3 is 14.4 Å². The minimum atomic E-state index is -1.15. The van der Waals surface area contributed by atoms with Gasteiger partial charge >= 0.3 is 5.97 Å². The van der Waals surface area contributed by atoms with Crippen molar-refractivity contribution in [1.29, 1.82) is 0 Å². The summed E-state index contributed by atoms with van der Waals surface area (Å²) >= 11 is 0. The number of carboxylic acid groups (broad SMARTS) is 1. The molecule has 0 bridgehead atoms. The Balaban J connectivity index is 1.99. The number of carbonyl (C=O) groups excluding carboxylic acids is 1. The highest BCUT2D eigenvalue weighted by atomic mass is 16.4. The Hall–Kier alpha value is -1.78.